The third kappa shape index (κ3) is 6.15. The second kappa shape index (κ2) is 10.2. The molecule has 0 aromatic heterocycles. The molecule has 2 aromatic carbocycles. The van der Waals surface area contributed by atoms with Crippen molar-refractivity contribution in [3.8, 4) is 0 Å². The van der Waals surface area contributed by atoms with Crippen molar-refractivity contribution in [2.45, 2.75) is 26.4 Å². The number of nitrogens with zero attached hydrogens (tertiary/aromatic N) is 1. The fourth-order valence-corrected chi connectivity index (χ4v) is 3.15. The Bertz CT molecular complexity index is 823. The van der Waals surface area contributed by atoms with E-state index in [4.69, 9.17) is 23.2 Å². The molecule has 0 saturated heterocycles. The number of guanidine groups is 1. The van der Waals surface area contributed by atoms with Gasteiger partial charge in [-0.15, -0.1) is 0 Å². The monoisotopic (exact) mass is 406 g/mol. The summed E-state index contributed by atoms with van der Waals surface area (Å²) in [4.78, 5) is 16.4. The number of amides is 1. The van der Waals surface area contributed by atoms with Gasteiger partial charge in [0.05, 0.1) is 12.6 Å². The summed E-state index contributed by atoms with van der Waals surface area (Å²) in [6.07, 6.45) is 0. The maximum absolute atomic E-state index is 11.8. The zero-order valence-corrected chi connectivity index (χ0v) is 17.2. The molecule has 5 nitrogen and oxygen atoms in total. The quantitative estimate of drug-likeness (QED) is 0.498. The van der Waals surface area contributed by atoms with Crippen LogP contribution in [0.15, 0.2) is 47.5 Å². The molecule has 1 amide bonds. The number of rotatable bonds is 6. The number of benzene rings is 2. The van der Waals surface area contributed by atoms with Gasteiger partial charge in [0, 0.05) is 29.2 Å². The van der Waals surface area contributed by atoms with Crippen LogP contribution in [0.3, 0.4) is 0 Å². The molecule has 1 atom stereocenters. The van der Waals surface area contributed by atoms with Crippen molar-refractivity contribution in [1.29, 1.82) is 0 Å². The van der Waals surface area contributed by atoms with E-state index in [0.717, 1.165) is 17.7 Å². The van der Waals surface area contributed by atoms with Gasteiger partial charge in [-0.05, 0) is 49.2 Å². The molecule has 144 valence electrons. The lowest BCUT2D eigenvalue weighted by Crippen LogP contribution is -2.38. The van der Waals surface area contributed by atoms with E-state index in [9.17, 15) is 4.79 Å². The number of carbonyl (C=O) groups is 1. The van der Waals surface area contributed by atoms with E-state index in [1.807, 2.05) is 44.2 Å². The van der Waals surface area contributed by atoms with Crippen LogP contribution in [0.1, 0.15) is 41.4 Å². The fourth-order valence-electron chi connectivity index (χ4n) is 2.58. The van der Waals surface area contributed by atoms with Gasteiger partial charge in [0.15, 0.2) is 5.96 Å². The average Bonchev–Trinajstić information content (AvgIpc) is 2.65. The molecule has 2 rings (SSSR count). The first-order valence-electron chi connectivity index (χ1n) is 8.75. The number of hydrogen-bond donors (Lipinski definition) is 3. The highest BCUT2D eigenvalue weighted by Crippen LogP contribution is 2.26. The number of aliphatic imine (C=N–C) groups is 1. The van der Waals surface area contributed by atoms with E-state index in [0.29, 0.717) is 28.1 Å². The summed E-state index contributed by atoms with van der Waals surface area (Å²) in [5.74, 6) is 0.554. The maximum atomic E-state index is 11.8. The maximum Gasteiger partial charge on any atom is 0.251 e. The van der Waals surface area contributed by atoms with Crippen LogP contribution in [0, 0.1) is 0 Å². The third-order valence-corrected chi connectivity index (χ3v) is 4.52. The molecule has 0 aliphatic heterocycles. The van der Waals surface area contributed by atoms with E-state index in [2.05, 4.69) is 20.9 Å². The van der Waals surface area contributed by atoms with Gasteiger partial charge >= 0.3 is 0 Å². The van der Waals surface area contributed by atoms with E-state index in [1.54, 1.807) is 19.2 Å². The minimum absolute atomic E-state index is 0.0511. The van der Waals surface area contributed by atoms with Crippen molar-refractivity contribution in [3.05, 3.63) is 69.2 Å². The van der Waals surface area contributed by atoms with Crippen LogP contribution >= 0.6 is 23.2 Å². The van der Waals surface area contributed by atoms with E-state index < -0.39 is 0 Å². The summed E-state index contributed by atoms with van der Waals surface area (Å²) in [6, 6.07) is 12.8. The number of hydrogen-bond acceptors (Lipinski definition) is 2. The Kier molecular flexibility index (Phi) is 7.95. The lowest BCUT2D eigenvalue weighted by Gasteiger charge is -2.19. The Morgan fingerprint density at radius 1 is 1.19 bits per heavy atom. The van der Waals surface area contributed by atoms with Crippen LogP contribution in [0.25, 0.3) is 0 Å². The summed E-state index contributed by atoms with van der Waals surface area (Å²) < 4.78 is 0. The highest BCUT2D eigenvalue weighted by molar-refractivity contribution is 6.35. The summed E-state index contributed by atoms with van der Waals surface area (Å²) in [7, 11) is 1.61. The van der Waals surface area contributed by atoms with E-state index in [1.165, 1.54) is 0 Å². The molecule has 0 bridgehead atoms. The summed E-state index contributed by atoms with van der Waals surface area (Å²) >= 11 is 12.3. The van der Waals surface area contributed by atoms with Crippen molar-refractivity contribution in [1.82, 2.24) is 16.0 Å². The SMILES string of the molecule is CCNC(=NCc1cccc(C(=O)NC)c1)NC(C)c1ccc(Cl)cc1Cl. The predicted molar refractivity (Wildman–Crippen MR) is 113 cm³/mol. The largest absolute Gasteiger partial charge is 0.357 e. The van der Waals surface area contributed by atoms with Gasteiger partial charge in [-0.3, -0.25) is 4.79 Å². The van der Waals surface area contributed by atoms with Crippen LogP contribution in [0.2, 0.25) is 10.0 Å². The molecule has 1 unspecified atom stereocenters. The minimum Gasteiger partial charge on any atom is -0.357 e. The van der Waals surface area contributed by atoms with Crippen LogP contribution in [0.5, 0.6) is 0 Å². The van der Waals surface area contributed by atoms with Crippen LogP contribution in [-0.2, 0) is 6.54 Å². The van der Waals surface area contributed by atoms with Gasteiger partial charge in [0.1, 0.15) is 0 Å². The minimum atomic E-state index is -0.114. The molecule has 27 heavy (non-hydrogen) atoms. The molecule has 2 aromatic rings. The smallest absolute Gasteiger partial charge is 0.251 e. The molecule has 0 saturated carbocycles. The third-order valence-electron chi connectivity index (χ3n) is 3.96. The lowest BCUT2D eigenvalue weighted by atomic mass is 10.1. The first kappa shape index (κ1) is 21.1. The van der Waals surface area contributed by atoms with Gasteiger partial charge in [-0.2, -0.15) is 0 Å². The zero-order valence-electron chi connectivity index (χ0n) is 15.6. The highest BCUT2D eigenvalue weighted by atomic mass is 35.5. The van der Waals surface area contributed by atoms with Crippen molar-refractivity contribution < 1.29 is 4.79 Å². The van der Waals surface area contributed by atoms with Crippen LogP contribution < -0.4 is 16.0 Å². The molecule has 0 radical (unpaired) electrons. The van der Waals surface area contributed by atoms with Crippen LogP contribution in [0.4, 0.5) is 0 Å². The number of halogens is 2. The molecule has 0 heterocycles. The van der Waals surface area contributed by atoms with Gasteiger partial charge in [-0.25, -0.2) is 4.99 Å². The second-order valence-corrected chi connectivity index (χ2v) is 6.85. The van der Waals surface area contributed by atoms with Crippen LogP contribution in [-0.4, -0.2) is 25.5 Å². The van der Waals surface area contributed by atoms with Crippen molar-refractivity contribution in [3.63, 3.8) is 0 Å². The predicted octanol–water partition coefficient (Wildman–Crippen LogP) is 4.17. The standard InChI is InChI=1S/C20H24Cl2N4O/c1-4-24-20(26-13(2)17-9-8-16(21)11-18(17)22)25-12-14-6-5-7-15(10-14)19(27)23-3/h5-11,13H,4,12H2,1-3H3,(H,23,27)(H2,24,25,26). The average molecular weight is 407 g/mol. The van der Waals surface area contributed by atoms with Gasteiger partial charge in [0.25, 0.3) is 5.91 Å². The highest BCUT2D eigenvalue weighted by Gasteiger charge is 2.12. The number of carbonyl (C=O) groups excluding carboxylic acids is 1. The molecule has 7 heteroatoms. The molecular formula is C20H24Cl2N4O. The molecule has 0 fully saturated rings. The molecule has 0 spiro atoms. The van der Waals surface area contributed by atoms with Crippen molar-refractivity contribution in [2.24, 2.45) is 4.99 Å². The summed E-state index contributed by atoms with van der Waals surface area (Å²) in [5.41, 5.74) is 2.50. The summed E-state index contributed by atoms with van der Waals surface area (Å²) in [5, 5.41) is 10.4. The van der Waals surface area contributed by atoms with Crippen molar-refractivity contribution >= 4 is 35.1 Å². The van der Waals surface area contributed by atoms with Crippen molar-refractivity contribution in [2.75, 3.05) is 13.6 Å². The fraction of sp³-hybridized carbons (Fsp3) is 0.300. The first-order chi connectivity index (χ1) is 12.9. The Hall–Kier alpha value is -2.24. The Morgan fingerprint density at radius 2 is 1.96 bits per heavy atom. The second-order valence-electron chi connectivity index (χ2n) is 6.01. The van der Waals surface area contributed by atoms with Gasteiger partial charge in [-0.1, -0.05) is 41.4 Å². The normalized spacial score (nSPS) is 12.4. The Balaban J connectivity index is 2.13. The Labute approximate surface area is 170 Å². The molecule has 0 aliphatic carbocycles. The topological polar surface area (TPSA) is 65.5 Å². The zero-order chi connectivity index (χ0) is 19.8. The van der Waals surface area contributed by atoms with E-state index >= 15 is 0 Å². The molecular weight excluding hydrogens is 383 g/mol. The number of nitrogens with one attached hydrogen (secondary N) is 3. The molecule has 0 aliphatic rings. The lowest BCUT2D eigenvalue weighted by molar-refractivity contribution is 0.0963. The van der Waals surface area contributed by atoms with Gasteiger partial charge in [0.2, 0.25) is 0 Å². The van der Waals surface area contributed by atoms with E-state index in [-0.39, 0.29) is 11.9 Å². The van der Waals surface area contributed by atoms with Gasteiger partial charge < -0.3 is 16.0 Å². The first-order valence-corrected chi connectivity index (χ1v) is 9.51. The summed E-state index contributed by atoms with van der Waals surface area (Å²) in [6.45, 7) is 5.18. The molecule has 3 N–H and O–H groups in total. The Morgan fingerprint density at radius 3 is 2.63 bits per heavy atom.